The van der Waals surface area contributed by atoms with Gasteiger partial charge in [-0.3, -0.25) is 0 Å². The summed E-state index contributed by atoms with van der Waals surface area (Å²) in [7, 11) is -3.45. The van der Waals surface area contributed by atoms with Crippen LogP contribution < -0.4 is 5.73 Å². The van der Waals surface area contributed by atoms with E-state index in [4.69, 9.17) is 10.8 Å². The lowest BCUT2D eigenvalue weighted by molar-refractivity contribution is 0.283. The van der Waals surface area contributed by atoms with Crippen molar-refractivity contribution in [2.45, 2.75) is 30.6 Å². The molecule has 0 bridgehead atoms. The number of sulfone groups is 1. The summed E-state index contributed by atoms with van der Waals surface area (Å²) in [5.74, 6) is -0.553. The van der Waals surface area contributed by atoms with Gasteiger partial charge < -0.3 is 10.8 Å². The summed E-state index contributed by atoms with van der Waals surface area (Å²) >= 11 is 0. The summed E-state index contributed by atoms with van der Waals surface area (Å²) in [6.45, 7) is 0.123. The number of rotatable bonds is 7. The molecule has 0 aliphatic rings. The van der Waals surface area contributed by atoms with Gasteiger partial charge in [0, 0.05) is 6.61 Å². The first kappa shape index (κ1) is 14.9. The smallest absolute Gasteiger partial charge is 0.180 e. The Morgan fingerprint density at radius 3 is 2.44 bits per heavy atom. The first-order chi connectivity index (χ1) is 8.47. The van der Waals surface area contributed by atoms with Crippen molar-refractivity contribution < 1.29 is 17.9 Å². The predicted molar refractivity (Wildman–Crippen MR) is 68.4 cm³/mol. The molecule has 0 spiro atoms. The summed E-state index contributed by atoms with van der Waals surface area (Å²) in [6.07, 6.45) is 2.73. The van der Waals surface area contributed by atoms with E-state index in [1.54, 1.807) is 0 Å². The minimum Gasteiger partial charge on any atom is -0.398 e. The van der Waals surface area contributed by atoms with Gasteiger partial charge in [-0.05, 0) is 31.0 Å². The number of aliphatic hydroxyl groups is 1. The van der Waals surface area contributed by atoms with Crippen molar-refractivity contribution in [1.82, 2.24) is 0 Å². The molecule has 0 heterocycles. The number of aliphatic hydroxyl groups excluding tert-OH is 1. The van der Waals surface area contributed by atoms with Crippen LogP contribution in [0.1, 0.15) is 25.7 Å². The van der Waals surface area contributed by atoms with Crippen LogP contribution in [0.15, 0.2) is 23.1 Å². The Bertz CT molecular complexity index is 488. The Balaban J connectivity index is 2.63. The zero-order chi connectivity index (χ0) is 13.6. The van der Waals surface area contributed by atoms with E-state index in [0.29, 0.717) is 12.8 Å². The largest absolute Gasteiger partial charge is 0.398 e. The van der Waals surface area contributed by atoms with Crippen molar-refractivity contribution in [3.05, 3.63) is 24.0 Å². The lowest BCUT2D eigenvalue weighted by Crippen LogP contribution is -2.09. The average molecular weight is 275 g/mol. The standard InChI is InChI=1S/C12H18FNO3S/c13-10-5-6-12(11(14)9-10)18(16,17)8-4-2-1-3-7-15/h5-6,9,15H,1-4,7-8,14H2. The number of nitrogens with two attached hydrogens (primary N) is 1. The van der Waals surface area contributed by atoms with Gasteiger partial charge in [-0.15, -0.1) is 0 Å². The van der Waals surface area contributed by atoms with Gasteiger partial charge in [0.05, 0.1) is 16.3 Å². The molecule has 0 saturated heterocycles. The van der Waals surface area contributed by atoms with Gasteiger partial charge in [-0.2, -0.15) is 0 Å². The molecule has 0 aromatic heterocycles. The molecule has 0 atom stereocenters. The molecule has 0 fully saturated rings. The number of anilines is 1. The number of hydrogen-bond acceptors (Lipinski definition) is 4. The minimum absolute atomic E-state index is 0.00569. The van der Waals surface area contributed by atoms with Gasteiger partial charge in [0.1, 0.15) is 5.82 Å². The molecule has 0 aliphatic heterocycles. The van der Waals surface area contributed by atoms with Crippen LogP contribution in [-0.4, -0.2) is 25.9 Å². The van der Waals surface area contributed by atoms with Gasteiger partial charge in [0.15, 0.2) is 9.84 Å². The molecule has 3 N–H and O–H groups in total. The van der Waals surface area contributed by atoms with Crippen LogP contribution in [0.4, 0.5) is 10.1 Å². The second-order valence-corrected chi connectivity index (χ2v) is 6.22. The molecule has 102 valence electrons. The molecule has 1 aromatic rings. The molecule has 1 rings (SSSR count). The Hall–Kier alpha value is -1.14. The van der Waals surface area contributed by atoms with Gasteiger partial charge >= 0.3 is 0 Å². The molecule has 18 heavy (non-hydrogen) atoms. The summed E-state index contributed by atoms with van der Waals surface area (Å²) in [6, 6.07) is 3.31. The number of nitrogen functional groups attached to an aromatic ring is 1. The second kappa shape index (κ2) is 6.70. The van der Waals surface area contributed by atoms with Crippen molar-refractivity contribution in [1.29, 1.82) is 0 Å². The minimum atomic E-state index is -3.45. The third-order valence-electron chi connectivity index (χ3n) is 2.63. The SMILES string of the molecule is Nc1cc(F)ccc1S(=O)(=O)CCCCCCO. The summed E-state index contributed by atoms with van der Waals surface area (Å²) in [5, 5.41) is 8.60. The van der Waals surface area contributed by atoms with Crippen molar-refractivity contribution >= 4 is 15.5 Å². The second-order valence-electron chi connectivity index (χ2n) is 4.14. The third-order valence-corrected chi connectivity index (χ3v) is 4.50. The maximum Gasteiger partial charge on any atom is 0.180 e. The first-order valence-electron chi connectivity index (χ1n) is 5.86. The fraction of sp³-hybridized carbons (Fsp3) is 0.500. The lowest BCUT2D eigenvalue weighted by Gasteiger charge is -2.07. The predicted octanol–water partition coefficient (Wildman–Crippen LogP) is 1.73. The van der Waals surface area contributed by atoms with Crippen LogP contribution in [-0.2, 0) is 9.84 Å². The van der Waals surface area contributed by atoms with Crippen molar-refractivity contribution in [2.75, 3.05) is 18.1 Å². The van der Waals surface area contributed by atoms with Crippen LogP contribution in [0.25, 0.3) is 0 Å². The Labute approximate surface area is 107 Å². The molecule has 4 nitrogen and oxygen atoms in total. The number of benzene rings is 1. The molecule has 0 aliphatic carbocycles. The van der Waals surface area contributed by atoms with Crippen LogP contribution in [0, 0.1) is 5.82 Å². The van der Waals surface area contributed by atoms with Crippen LogP contribution in [0.2, 0.25) is 0 Å². The number of unbranched alkanes of at least 4 members (excludes halogenated alkanes) is 3. The highest BCUT2D eigenvalue weighted by molar-refractivity contribution is 7.91. The highest BCUT2D eigenvalue weighted by Gasteiger charge is 2.17. The quantitative estimate of drug-likeness (QED) is 0.451. The van der Waals surface area contributed by atoms with E-state index in [1.165, 1.54) is 6.07 Å². The van der Waals surface area contributed by atoms with Crippen LogP contribution >= 0.6 is 0 Å². The van der Waals surface area contributed by atoms with Crippen LogP contribution in [0.3, 0.4) is 0 Å². The average Bonchev–Trinajstić information content (AvgIpc) is 2.28. The van der Waals surface area contributed by atoms with E-state index in [-0.39, 0.29) is 22.9 Å². The van der Waals surface area contributed by atoms with Gasteiger partial charge in [-0.1, -0.05) is 12.8 Å². The van der Waals surface area contributed by atoms with Gasteiger partial charge in [-0.25, -0.2) is 12.8 Å². The number of hydrogen-bond donors (Lipinski definition) is 2. The Kier molecular flexibility index (Phi) is 5.55. The van der Waals surface area contributed by atoms with Crippen molar-refractivity contribution in [2.24, 2.45) is 0 Å². The van der Waals surface area contributed by atoms with Crippen molar-refractivity contribution in [3.63, 3.8) is 0 Å². The topological polar surface area (TPSA) is 80.4 Å². The first-order valence-corrected chi connectivity index (χ1v) is 7.51. The van der Waals surface area contributed by atoms with E-state index in [0.717, 1.165) is 25.0 Å². The number of halogens is 1. The summed E-state index contributed by atoms with van der Waals surface area (Å²) in [5.41, 5.74) is 5.46. The molecule has 1 aromatic carbocycles. The Morgan fingerprint density at radius 1 is 1.17 bits per heavy atom. The van der Waals surface area contributed by atoms with E-state index >= 15 is 0 Å². The zero-order valence-electron chi connectivity index (χ0n) is 10.1. The molecule has 0 unspecified atom stereocenters. The Morgan fingerprint density at radius 2 is 1.83 bits per heavy atom. The van der Waals surface area contributed by atoms with Gasteiger partial charge in [0.2, 0.25) is 0 Å². The third kappa shape index (κ3) is 4.27. The van der Waals surface area contributed by atoms with E-state index < -0.39 is 15.7 Å². The van der Waals surface area contributed by atoms with E-state index in [9.17, 15) is 12.8 Å². The zero-order valence-corrected chi connectivity index (χ0v) is 10.9. The molecular formula is C12H18FNO3S. The molecule has 0 amide bonds. The monoisotopic (exact) mass is 275 g/mol. The molecule has 0 saturated carbocycles. The molecule has 6 heteroatoms. The van der Waals surface area contributed by atoms with Crippen molar-refractivity contribution in [3.8, 4) is 0 Å². The maximum atomic E-state index is 12.8. The van der Waals surface area contributed by atoms with Crippen LogP contribution in [0.5, 0.6) is 0 Å². The van der Waals surface area contributed by atoms with E-state index in [1.807, 2.05) is 0 Å². The summed E-state index contributed by atoms with van der Waals surface area (Å²) in [4.78, 5) is -0.00828. The van der Waals surface area contributed by atoms with E-state index in [2.05, 4.69) is 0 Å². The fourth-order valence-electron chi connectivity index (χ4n) is 1.67. The molecule has 0 radical (unpaired) electrons. The maximum absolute atomic E-state index is 12.8. The van der Waals surface area contributed by atoms with Gasteiger partial charge in [0.25, 0.3) is 0 Å². The lowest BCUT2D eigenvalue weighted by atomic mass is 10.2. The fourth-order valence-corrected chi connectivity index (χ4v) is 3.17. The normalized spacial score (nSPS) is 11.7. The molecular weight excluding hydrogens is 257 g/mol. The highest BCUT2D eigenvalue weighted by atomic mass is 32.2. The summed E-state index contributed by atoms with van der Waals surface area (Å²) < 4.78 is 36.7. The highest BCUT2D eigenvalue weighted by Crippen LogP contribution is 2.21.